The molecule has 0 spiro atoms. The predicted molar refractivity (Wildman–Crippen MR) is 57.2 cm³/mol. The highest BCUT2D eigenvalue weighted by atomic mass is 15.1. The summed E-state index contributed by atoms with van der Waals surface area (Å²) < 4.78 is 2.32. The van der Waals surface area contributed by atoms with E-state index >= 15 is 0 Å². The summed E-state index contributed by atoms with van der Waals surface area (Å²) in [4.78, 5) is 4.34. The van der Waals surface area contributed by atoms with E-state index in [1.807, 2.05) is 6.33 Å². The Balaban J connectivity index is 2.12. The van der Waals surface area contributed by atoms with E-state index in [2.05, 4.69) is 23.4 Å². The van der Waals surface area contributed by atoms with Gasteiger partial charge in [-0.2, -0.15) is 0 Å². The minimum Gasteiger partial charge on any atom is -0.332 e. The number of rotatable bonds is 1. The summed E-state index contributed by atoms with van der Waals surface area (Å²) in [6.07, 6.45) is 6.70. The molecule has 0 bridgehead atoms. The lowest BCUT2D eigenvalue weighted by atomic mass is 9.91. The van der Waals surface area contributed by atoms with Gasteiger partial charge in [0.05, 0.1) is 12.0 Å². The smallest absolute Gasteiger partial charge is 0.0954 e. The Bertz CT molecular complexity index is 308. The van der Waals surface area contributed by atoms with Crippen molar-refractivity contribution in [1.29, 1.82) is 0 Å². The van der Waals surface area contributed by atoms with E-state index in [1.54, 1.807) is 0 Å². The summed E-state index contributed by atoms with van der Waals surface area (Å²) in [6, 6.07) is 1.06. The molecule has 1 fully saturated rings. The summed E-state index contributed by atoms with van der Waals surface area (Å²) >= 11 is 0. The third-order valence-corrected chi connectivity index (χ3v) is 3.42. The number of nitrogens with two attached hydrogens (primary N) is 1. The molecule has 1 aliphatic rings. The van der Waals surface area contributed by atoms with Crippen LogP contribution in [0.5, 0.6) is 0 Å². The topological polar surface area (TPSA) is 43.8 Å². The minimum atomic E-state index is 0.427. The molecule has 1 aliphatic carbocycles. The van der Waals surface area contributed by atoms with Gasteiger partial charge in [-0.25, -0.2) is 4.98 Å². The first-order valence-corrected chi connectivity index (χ1v) is 5.44. The van der Waals surface area contributed by atoms with Gasteiger partial charge < -0.3 is 10.3 Å². The first-order valence-electron chi connectivity index (χ1n) is 5.44. The average Bonchev–Trinajstić information content (AvgIpc) is 2.50. The van der Waals surface area contributed by atoms with Crippen LogP contribution in [0, 0.1) is 13.8 Å². The minimum absolute atomic E-state index is 0.427. The van der Waals surface area contributed by atoms with Crippen LogP contribution in [0.2, 0.25) is 0 Å². The lowest BCUT2D eigenvalue weighted by molar-refractivity contribution is 0.320. The van der Waals surface area contributed by atoms with Gasteiger partial charge in [-0.15, -0.1) is 0 Å². The Kier molecular flexibility index (Phi) is 2.59. The summed E-state index contributed by atoms with van der Waals surface area (Å²) in [5, 5.41) is 0. The van der Waals surface area contributed by atoms with Crippen molar-refractivity contribution in [1.82, 2.24) is 9.55 Å². The van der Waals surface area contributed by atoms with Crippen LogP contribution in [-0.2, 0) is 0 Å². The van der Waals surface area contributed by atoms with Crippen LogP contribution in [0.4, 0.5) is 0 Å². The standard InChI is InChI=1S/C11H19N3/c1-8-9(2)14(7-13-8)11-5-3-10(12)4-6-11/h7,10-11H,3-6,12H2,1-2H3. The van der Waals surface area contributed by atoms with Crippen molar-refractivity contribution in [3.63, 3.8) is 0 Å². The fourth-order valence-electron chi connectivity index (χ4n) is 2.26. The van der Waals surface area contributed by atoms with Crippen molar-refractivity contribution in [3.05, 3.63) is 17.7 Å². The zero-order valence-corrected chi connectivity index (χ0v) is 9.03. The van der Waals surface area contributed by atoms with Crippen LogP contribution in [0.15, 0.2) is 6.33 Å². The molecule has 0 aliphatic heterocycles. The zero-order chi connectivity index (χ0) is 10.1. The van der Waals surface area contributed by atoms with Crippen LogP contribution in [0.3, 0.4) is 0 Å². The van der Waals surface area contributed by atoms with E-state index in [9.17, 15) is 0 Å². The van der Waals surface area contributed by atoms with Crippen molar-refractivity contribution in [2.24, 2.45) is 5.73 Å². The summed E-state index contributed by atoms with van der Waals surface area (Å²) in [6.45, 7) is 4.22. The summed E-state index contributed by atoms with van der Waals surface area (Å²) in [5.41, 5.74) is 8.36. The van der Waals surface area contributed by atoms with E-state index < -0.39 is 0 Å². The maximum absolute atomic E-state index is 5.89. The largest absolute Gasteiger partial charge is 0.332 e. The highest BCUT2D eigenvalue weighted by Gasteiger charge is 2.21. The number of aryl methyl sites for hydroxylation is 1. The van der Waals surface area contributed by atoms with Gasteiger partial charge in [-0.3, -0.25) is 0 Å². The van der Waals surface area contributed by atoms with Gasteiger partial charge in [-0.1, -0.05) is 0 Å². The molecular weight excluding hydrogens is 174 g/mol. The van der Waals surface area contributed by atoms with Crippen LogP contribution in [0.25, 0.3) is 0 Å². The molecule has 3 nitrogen and oxygen atoms in total. The Morgan fingerprint density at radius 3 is 2.43 bits per heavy atom. The zero-order valence-electron chi connectivity index (χ0n) is 9.03. The molecule has 0 amide bonds. The second-order valence-electron chi connectivity index (χ2n) is 4.39. The second kappa shape index (κ2) is 3.73. The molecule has 1 saturated carbocycles. The lowest BCUT2D eigenvalue weighted by Gasteiger charge is -2.27. The number of aromatic nitrogens is 2. The van der Waals surface area contributed by atoms with Crippen LogP contribution in [0.1, 0.15) is 43.1 Å². The number of imidazole rings is 1. The molecular formula is C11H19N3. The molecule has 0 radical (unpaired) electrons. The fourth-order valence-corrected chi connectivity index (χ4v) is 2.26. The molecule has 0 unspecified atom stereocenters. The van der Waals surface area contributed by atoms with Gasteiger partial charge in [0.2, 0.25) is 0 Å². The van der Waals surface area contributed by atoms with Gasteiger partial charge in [0.15, 0.2) is 0 Å². The first-order chi connectivity index (χ1) is 6.68. The first kappa shape index (κ1) is 9.71. The van der Waals surface area contributed by atoms with Crippen molar-refractivity contribution in [3.8, 4) is 0 Å². The van der Waals surface area contributed by atoms with E-state index in [-0.39, 0.29) is 0 Å². The van der Waals surface area contributed by atoms with Gasteiger partial charge in [0.1, 0.15) is 0 Å². The fraction of sp³-hybridized carbons (Fsp3) is 0.727. The highest BCUT2D eigenvalue weighted by molar-refractivity contribution is 5.10. The number of nitrogens with zero attached hydrogens (tertiary/aromatic N) is 2. The third kappa shape index (κ3) is 1.69. The van der Waals surface area contributed by atoms with Crippen molar-refractivity contribution in [2.75, 3.05) is 0 Å². The Hall–Kier alpha value is -0.830. The maximum Gasteiger partial charge on any atom is 0.0954 e. The molecule has 2 rings (SSSR count). The van der Waals surface area contributed by atoms with E-state index in [0.717, 1.165) is 18.5 Å². The average molecular weight is 193 g/mol. The molecule has 1 heterocycles. The quantitative estimate of drug-likeness (QED) is 0.740. The lowest BCUT2D eigenvalue weighted by Crippen LogP contribution is -2.27. The molecule has 1 aromatic heterocycles. The van der Waals surface area contributed by atoms with E-state index in [1.165, 1.54) is 18.5 Å². The van der Waals surface area contributed by atoms with Crippen molar-refractivity contribution >= 4 is 0 Å². The summed E-state index contributed by atoms with van der Waals surface area (Å²) in [7, 11) is 0. The van der Waals surface area contributed by atoms with Gasteiger partial charge in [0, 0.05) is 17.8 Å². The molecule has 0 aromatic carbocycles. The molecule has 0 atom stereocenters. The van der Waals surface area contributed by atoms with Crippen LogP contribution >= 0.6 is 0 Å². The second-order valence-corrected chi connectivity index (χ2v) is 4.39. The molecule has 1 aromatic rings. The van der Waals surface area contributed by atoms with E-state index in [4.69, 9.17) is 5.73 Å². The van der Waals surface area contributed by atoms with Gasteiger partial charge >= 0.3 is 0 Å². The van der Waals surface area contributed by atoms with Crippen LogP contribution in [-0.4, -0.2) is 15.6 Å². The van der Waals surface area contributed by atoms with Crippen LogP contribution < -0.4 is 5.73 Å². The molecule has 2 N–H and O–H groups in total. The number of hydrogen-bond donors (Lipinski definition) is 1. The number of hydrogen-bond acceptors (Lipinski definition) is 2. The van der Waals surface area contributed by atoms with Crippen molar-refractivity contribution in [2.45, 2.75) is 51.6 Å². The maximum atomic E-state index is 5.89. The van der Waals surface area contributed by atoms with Gasteiger partial charge in [0.25, 0.3) is 0 Å². The SMILES string of the molecule is Cc1ncn(C2CCC(N)CC2)c1C. The van der Waals surface area contributed by atoms with Crippen molar-refractivity contribution < 1.29 is 0 Å². The third-order valence-electron chi connectivity index (χ3n) is 3.42. The molecule has 14 heavy (non-hydrogen) atoms. The molecule has 3 heteroatoms. The Morgan fingerprint density at radius 1 is 1.29 bits per heavy atom. The normalized spacial score (nSPS) is 27.9. The monoisotopic (exact) mass is 193 g/mol. The molecule has 0 saturated heterocycles. The molecule has 78 valence electrons. The Morgan fingerprint density at radius 2 is 1.93 bits per heavy atom. The van der Waals surface area contributed by atoms with Gasteiger partial charge in [-0.05, 0) is 39.5 Å². The highest BCUT2D eigenvalue weighted by Crippen LogP contribution is 2.28. The van der Waals surface area contributed by atoms with E-state index in [0.29, 0.717) is 12.1 Å². The Labute approximate surface area is 85.3 Å². The summed E-state index contributed by atoms with van der Waals surface area (Å²) in [5.74, 6) is 0. The predicted octanol–water partition coefficient (Wildman–Crippen LogP) is 1.94.